The topological polar surface area (TPSA) is 133 Å². The number of nitro groups is 1. The predicted molar refractivity (Wildman–Crippen MR) is 99.3 cm³/mol. The minimum atomic E-state index is -0.725. The molecule has 0 spiro atoms. The summed E-state index contributed by atoms with van der Waals surface area (Å²) in [7, 11) is 0. The zero-order valence-corrected chi connectivity index (χ0v) is 15.3. The number of amides is 1. The van der Waals surface area contributed by atoms with Gasteiger partial charge < -0.3 is 15.6 Å². The van der Waals surface area contributed by atoms with Gasteiger partial charge in [0.25, 0.3) is 5.69 Å². The Morgan fingerprint density at radius 2 is 1.74 bits per heavy atom. The molecule has 0 saturated heterocycles. The van der Waals surface area contributed by atoms with E-state index in [4.69, 9.17) is 10.8 Å². The Balaban J connectivity index is 0.000000387. The zero-order chi connectivity index (χ0) is 20.6. The van der Waals surface area contributed by atoms with Crippen molar-refractivity contribution in [2.45, 2.75) is 33.0 Å². The molecule has 0 saturated carbocycles. The Bertz CT molecular complexity index is 813. The predicted octanol–water partition coefficient (Wildman–Crippen LogP) is 3.20. The summed E-state index contributed by atoms with van der Waals surface area (Å²) < 4.78 is 4.58. The third-order valence-electron chi connectivity index (χ3n) is 3.13. The summed E-state index contributed by atoms with van der Waals surface area (Å²) in [6, 6.07) is 12.5. The van der Waals surface area contributed by atoms with Crippen LogP contribution in [0, 0.1) is 10.1 Å². The molecule has 0 aliphatic rings. The van der Waals surface area contributed by atoms with Crippen LogP contribution in [0.15, 0.2) is 48.5 Å². The van der Waals surface area contributed by atoms with E-state index in [1.54, 1.807) is 51.1 Å². The van der Waals surface area contributed by atoms with Crippen molar-refractivity contribution in [3.63, 3.8) is 0 Å². The molecule has 0 fully saturated rings. The Morgan fingerprint density at radius 1 is 1.15 bits per heavy atom. The van der Waals surface area contributed by atoms with E-state index in [-0.39, 0.29) is 17.9 Å². The lowest BCUT2D eigenvalue weighted by atomic mass is 10.0. The van der Waals surface area contributed by atoms with Crippen LogP contribution in [-0.2, 0) is 11.3 Å². The lowest BCUT2D eigenvalue weighted by Gasteiger charge is -2.16. The molecule has 2 rings (SSSR count). The van der Waals surface area contributed by atoms with Crippen LogP contribution < -0.4 is 5.73 Å². The van der Waals surface area contributed by atoms with Gasteiger partial charge in [0, 0.05) is 11.6 Å². The second kappa shape index (κ2) is 9.44. The smallest absolute Gasteiger partial charge is 0.405 e. The molecule has 1 amide bonds. The molecular weight excluding hydrogens is 352 g/mol. The second-order valence-corrected chi connectivity index (χ2v) is 6.50. The molecule has 0 aliphatic carbocycles. The molecule has 8 nitrogen and oxygen atoms in total. The fourth-order valence-corrected chi connectivity index (χ4v) is 2.07. The molecule has 0 unspecified atom stereocenters. The highest BCUT2D eigenvalue weighted by Crippen LogP contribution is 2.23. The van der Waals surface area contributed by atoms with Gasteiger partial charge in [0.1, 0.15) is 11.2 Å². The maximum Gasteiger partial charge on any atom is 0.405 e. The highest BCUT2D eigenvalue weighted by molar-refractivity contribution is 6.11. The summed E-state index contributed by atoms with van der Waals surface area (Å²) in [5, 5.41) is 20.0. The zero-order valence-electron chi connectivity index (χ0n) is 15.3. The standard InChI is InChI=1S/C14H11NO4.C5H11NO2/c16-9-10-6-7-12(13(8-10)15(18)19)14(17)11-4-2-1-3-5-11;1-5(2,3)8-4(6)7/h1-8,16H,9H2;1-3H3,(H2,6,7). The Labute approximate surface area is 156 Å². The largest absolute Gasteiger partial charge is 0.444 e. The van der Waals surface area contributed by atoms with Crippen LogP contribution in [-0.4, -0.2) is 27.5 Å². The number of carbonyl (C=O) groups is 2. The van der Waals surface area contributed by atoms with E-state index in [0.29, 0.717) is 11.1 Å². The number of nitrogens with two attached hydrogens (primary N) is 1. The van der Waals surface area contributed by atoms with Crippen molar-refractivity contribution in [2.24, 2.45) is 5.73 Å². The van der Waals surface area contributed by atoms with Crippen molar-refractivity contribution in [1.29, 1.82) is 0 Å². The highest BCUT2D eigenvalue weighted by Gasteiger charge is 2.21. The van der Waals surface area contributed by atoms with Gasteiger partial charge in [-0.3, -0.25) is 14.9 Å². The molecule has 3 N–H and O–H groups in total. The molecule has 0 aromatic heterocycles. The summed E-state index contributed by atoms with van der Waals surface area (Å²) in [4.78, 5) is 32.6. The van der Waals surface area contributed by atoms with Gasteiger partial charge in [0.05, 0.1) is 11.5 Å². The monoisotopic (exact) mass is 374 g/mol. The average molecular weight is 374 g/mol. The summed E-state index contributed by atoms with van der Waals surface area (Å²) in [6.45, 7) is 4.98. The number of hydrogen-bond acceptors (Lipinski definition) is 6. The molecule has 0 radical (unpaired) electrons. The third-order valence-corrected chi connectivity index (χ3v) is 3.13. The molecule has 0 aliphatic heterocycles. The van der Waals surface area contributed by atoms with Crippen LogP contribution >= 0.6 is 0 Å². The van der Waals surface area contributed by atoms with Gasteiger partial charge in [-0.2, -0.15) is 0 Å². The lowest BCUT2D eigenvalue weighted by molar-refractivity contribution is -0.385. The number of aliphatic hydroxyl groups excluding tert-OH is 1. The molecule has 2 aromatic carbocycles. The number of hydrogen-bond donors (Lipinski definition) is 2. The highest BCUT2D eigenvalue weighted by atomic mass is 16.6. The number of nitro benzene ring substituents is 1. The molecule has 2 aromatic rings. The van der Waals surface area contributed by atoms with Crippen molar-refractivity contribution in [3.05, 3.63) is 75.3 Å². The third kappa shape index (κ3) is 7.25. The summed E-state index contributed by atoms with van der Waals surface area (Å²) >= 11 is 0. The molecular formula is C19H22N2O6. The van der Waals surface area contributed by atoms with Crippen LogP contribution in [0.5, 0.6) is 0 Å². The van der Waals surface area contributed by atoms with E-state index >= 15 is 0 Å². The molecule has 0 bridgehead atoms. The Kier molecular flexibility index (Phi) is 7.62. The summed E-state index contributed by atoms with van der Waals surface area (Å²) in [6.07, 6.45) is -0.725. The minimum absolute atomic E-state index is 0.0217. The van der Waals surface area contributed by atoms with Gasteiger partial charge in [-0.25, -0.2) is 4.79 Å². The van der Waals surface area contributed by atoms with E-state index in [0.717, 1.165) is 0 Å². The van der Waals surface area contributed by atoms with Crippen molar-refractivity contribution in [2.75, 3.05) is 0 Å². The van der Waals surface area contributed by atoms with Crippen molar-refractivity contribution in [1.82, 2.24) is 0 Å². The van der Waals surface area contributed by atoms with Crippen LogP contribution in [0.1, 0.15) is 42.3 Å². The second-order valence-electron chi connectivity index (χ2n) is 6.50. The number of benzene rings is 2. The van der Waals surface area contributed by atoms with E-state index in [1.807, 2.05) is 0 Å². The van der Waals surface area contributed by atoms with Crippen LogP contribution in [0.2, 0.25) is 0 Å². The van der Waals surface area contributed by atoms with Gasteiger partial charge in [-0.15, -0.1) is 0 Å². The van der Waals surface area contributed by atoms with Crippen LogP contribution in [0.25, 0.3) is 0 Å². The van der Waals surface area contributed by atoms with E-state index in [1.165, 1.54) is 18.2 Å². The first-order valence-corrected chi connectivity index (χ1v) is 8.01. The maximum absolute atomic E-state index is 12.2. The first-order chi connectivity index (χ1) is 12.5. The van der Waals surface area contributed by atoms with Gasteiger partial charge in [0.15, 0.2) is 5.78 Å². The van der Waals surface area contributed by atoms with E-state index in [9.17, 15) is 19.7 Å². The van der Waals surface area contributed by atoms with Crippen molar-refractivity contribution < 1.29 is 24.4 Å². The Hall–Kier alpha value is -3.26. The average Bonchev–Trinajstić information content (AvgIpc) is 2.59. The summed E-state index contributed by atoms with van der Waals surface area (Å²) in [5.41, 5.74) is 4.79. The van der Waals surface area contributed by atoms with Crippen molar-refractivity contribution in [3.8, 4) is 0 Å². The number of ketones is 1. The first-order valence-electron chi connectivity index (χ1n) is 8.01. The fourth-order valence-electron chi connectivity index (χ4n) is 2.07. The number of aliphatic hydroxyl groups is 1. The number of ether oxygens (including phenoxy) is 1. The quantitative estimate of drug-likeness (QED) is 0.480. The maximum atomic E-state index is 12.2. The fraction of sp³-hybridized carbons (Fsp3) is 0.263. The normalized spacial score (nSPS) is 10.4. The lowest BCUT2D eigenvalue weighted by Crippen LogP contribution is -2.27. The van der Waals surface area contributed by atoms with E-state index in [2.05, 4.69) is 4.74 Å². The molecule has 8 heteroatoms. The SMILES string of the molecule is CC(C)(C)OC(N)=O.O=C(c1ccccc1)c1ccc(CO)cc1[N+](=O)[O-]. The van der Waals surface area contributed by atoms with E-state index < -0.39 is 22.4 Å². The van der Waals surface area contributed by atoms with Gasteiger partial charge in [-0.05, 0) is 32.4 Å². The molecule has 0 heterocycles. The first kappa shape index (κ1) is 21.8. The number of primary amides is 1. The summed E-state index contributed by atoms with van der Waals surface area (Å²) in [5.74, 6) is -0.406. The number of rotatable bonds is 4. The number of carbonyl (C=O) groups excluding carboxylic acids is 2. The molecule has 144 valence electrons. The van der Waals surface area contributed by atoms with Gasteiger partial charge in [0.2, 0.25) is 0 Å². The van der Waals surface area contributed by atoms with Gasteiger partial charge in [-0.1, -0.05) is 36.4 Å². The van der Waals surface area contributed by atoms with Crippen molar-refractivity contribution >= 4 is 17.6 Å². The Morgan fingerprint density at radius 3 is 2.15 bits per heavy atom. The molecule has 27 heavy (non-hydrogen) atoms. The van der Waals surface area contributed by atoms with Crippen LogP contribution in [0.4, 0.5) is 10.5 Å². The number of nitrogens with zero attached hydrogens (tertiary/aromatic N) is 1. The molecule has 0 atom stereocenters. The van der Waals surface area contributed by atoms with Crippen LogP contribution in [0.3, 0.4) is 0 Å². The van der Waals surface area contributed by atoms with Gasteiger partial charge >= 0.3 is 6.09 Å². The minimum Gasteiger partial charge on any atom is -0.444 e.